The van der Waals surface area contributed by atoms with Crippen LogP contribution in [0.5, 0.6) is 0 Å². The molecule has 1 aromatic rings. The number of rotatable bonds is 4. The standard InChI is InChI=1S/C13H21N3O3S/c1-7-6-10(14)9(3)11(8(7)2)20(18,19)16-13(4,5)12(15)17/h6,16H,14H2,1-5H3,(H2,15,17). The molecule has 0 radical (unpaired) electrons. The van der Waals surface area contributed by atoms with Gasteiger partial charge in [-0.15, -0.1) is 0 Å². The van der Waals surface area contributed by atoms with E-state index < -0.39 is 21.5 Å². The van der Waals surface area contributed by atoms with Gasteiger partial charge in [0, 0.05) is 5.69 Å². The molecule has 0 saturated carbocycles. The van der Waals surface area contributed by atoms with Gasteiger partial charge in [0.2, 0.25) is 15.9 Å². The van der Waals surface area contributed by atoms with Gasteiger partial charge in [-0.3, -0.25) is 4.79 Å². The lowest BCUT2D eigenvalue weighted by atomic mass is 10.1. The summed E-state index contributed by atoms with van der Waals surface area (Å²) in [6, 6.07) is 1.73. The molecule has 1 rings (SSSR count). The predicted molar refractivity (Wildman–Crippen MR) is 78.7 cm³/mol. The Hall–Kier alpha value is -1.60. The molecule has 0 unspecified atom stereocenters. The number of amides is 1. The van der Waals surface area contributed by atoms with Crippen molar-refractivity contribution in [2.75, 3.05) is 5.73 Å². The van der Waals surface area contributed by atoms with Crippen molar-refractivity contribution < 1.29 is 13.2 Å². The number of aryl methyl sites for hydroxylation is 1. The fraction of sp³-hybridized carbons (Fsp3) is 0.462. The minimum atomic E-state index is -3.90. The molecule has 5 N–H and O–H groups in total. The summed E-state index contributed by atoms with van der Waals surface area (Å²) in [5.74, 6) is -0.753. The van der Waals surface area contributed by atoms with Gasteiger partial charge in [-0.25, -0.2) is 8.42 Å². The number of carbonyl (C=O) groups is 1. The quantitative estimate of drug-likeness (QED) is 0.711. The summed E-state index contributed by atoms with van der Waals surface area (Å²) in [6.45, 7) is 7.94. The molecule has 0 heterocycles. The van der Waals surface area contributed by atoms with Crippen LogP contribution in [0, 0.1) is 20.8 Å². The Balaban J connectivity index is 3.49. The van der Waals surface area contributed by atoms with Crippen LogP contribution in [0.25, 0.3) is 0 Å². The van der Waals surface area contributed by atoms with Gasteiger partial charge in [-0.05, 0) is 57.4 Å². The molecule has 7 heteroatoms. The van der Waals surface area contributed by atoms with E-state index in [1.165, 1.54) is 13.8 Å². The Morgan fingerprint density at radius 2 is 1.70 bits per heavy atom. The SMILES string of the molecule is Cc1cc(N)c(C)c(S(=O)(=O)NC(C)(C)C(N)=O)c1C. The van der Waals surface area contributed by atoms with Gasteiger partial charge >= 0.3 is 0 Å². The number of nitrogens with one attached hydrogen (secondary N) is 1. The highest BCUT2D eigenvalue weighted by Crippen LogP contribution is 2.28. The number of nitrogen functional groups attached to an aromatic ring is 1. The fourth-order valence-electron chi connectivity index (χ4n) is 1.88. The van der Waals surface area contributed by atoms with E-state index in [2.05, 4.69) is 4.72 Å². The van der Waals surface area contributed by atoms with E-state index in [0.29, 0.717) is 16.8 Å². The molecule has 0 aliphatic rings. The Labute approximate surface area is 119 Å². The number of anilines is 1. The van der Waals surface area contributed by atoms with E-state index >= 15 is 0 Å². The highest BCUT2D eigenvalue weighted by Gasteiger charge is 2.33. The molecule has 0 saturated heterocycles. The molecule has 0 aliphatic heterocycles. The summed E-state index contributed by atoms with van der Waals surface area (Å²) in [6.07, 6.45) is 0. The number of hydrogen-bond donors (Lipinski definition) is 3. The molecule has 0 fully saturated rings. The zero-order valence-electron chi connectivity index (χ0n) is 12.4. The lowest BCUT2D eigenvalue weighted by Crippen LogP contribution is -2.53. The van der Waals surface area contributed by atoms with Gasteiger partial charge < -0.3 is 11.5 Å². The van der Waals surface area contributed by atoms with Crippen molar-refractivity contribution in [3.8, 4) is 0 Å². The third-order valence-electron chi connectivity index (χ3n) is 3.35. The summed E-state index contributed by atoms with van der Waals surface area (Å²) < 4.78 is 27.4. The molecule has 112 valence electrons. The average Bonchev–Trinajstić information content (AvgIpc) is 2.24. The van der Waals surface area contributed by atoms with E-state index in [-0.39, 0.29) is 4.90 Å². The van der Waals surface area contributed by atoms with Gasteiger partial charge in [0.05, 0.1) is 4.90 Å². The molecule has 1 aromatic carbocycles. The Morgan fingerprint density at radius 1 is 1.20 bits per heavy atom. The maximum atomic E-state index is 12.5. The van der Waals surface area contributed by atoms with Crippen molar-refractivity contribution in [3.63, 3.8) is 0 Å². The summed E-state index contributed by atoms with van der Waals surface area (Å²) in [5, 5.41) is 0. The molecule has 0 atom stereocenters. The van der Waals surface area contributed by atoms with E-state index in [1.54, 1.807) is 26.8 Å². The fourth-order valence-corrected chi connectivity index (χ4v) is 3.84. The number of primary amides is 1. The van der Waals surface area contributed by atoms with E-state index in [4.69, 9.17) is 11.5 Å². The largest absolute Gasteiger partial charge is 0.398 e. The normalized spacial score (nSPS) is 12.4. The van der Waals surface area contributed by atoms with E-state index in [9.17, 15) is 13.2 Å². The minimum Gasteiger partial charge on any atom is -0.398 e. The van der Waals surface area contributed by atoms with Crippen molar-refractivity contribution in [2.24, 2.45) is 5.73 Å². The second-order valence-corrected chi connectivity index (χ2v) is 7.08. The highest BCUT2D eigenvalue weighted by atomic mass is 32.2. The molecule has 6 nitrogen and oxygen atoms in total. The first-order valence-corrected chi connectivity index (χ1v) is 7.58. The van der Waals surface area contributed by atoms with Crippen molar-refractivity contribution in [1.29, 1.82) is 0 Å². The van der Waals surface area contributed by atoms with Gasteiger partial charge in [-0.2, -0.15) is 4.72 Å². The lowest BCUT2D eigenvalue weighted by Gasteiger charge is -2.24. The van der Waals surface area contributed by atoms with Gasteiger partial charge in [0.1, 0.15) is 5.54 Å². The summed E-state index contributed by atoms with van der Waals surface area (Å²) in [5.41, 5.74) is 11.9. The van der Waals surface area contributed by atoms with Crippen LogP contribution < -0.4 is 16.2 Å². The van der Waals surface area contributed by atoms with Gasteiger partial charge in [-0.1, -0.05) is 0 Å². The van der Waals surface area contributed by atoms with Crippen LogP contribution in [0.1, 0.15) is 30.5 Å². The predicted octanol–water partition coefficient (Wildman–Crippen LogP) is 0.736. The van der Waals surface area contributed by atoms with Crippen molar-refractivity contribution in [1.82, 2.24) is 4.72 Å². The second kappa shape index (κ2) is 5.06. The van der Waals surface area contributed by atoms with E-state index in [1.807, 2.05) is 0 Å². The highest BCUT2D eigenvalue weighted by molar-refractivity contribution is 7.89. The van der Waals surface area contributed by atoms with Crippen LogP contribution in [-0.2, 0) is 14.8 Å². The van der Waals surface area contributed by atoms with Crippen molar-refractivity contribution in [3.05, 3.63) is 22.8 Å². The summed E-state index contributed by atoms with van der Waals surface area (Å²) >= 11 is 0. The third kappa shape index (κ3) is 2.94. The number of sulfonamides is 1. The monoisotopic (exact) mass is 299 g/mol. The van der Waals surface area contributed by atoms with E-state index in [0.717, 1.165) is 5.56 Å². The van der Waals surface area contributed by atoms with Gasteiger partial charge in [0.25, 0.3) is 0 Å². The molecule has 0 aliphatic carbocycles. The smallest absolute Gasteiger partial charge is 0.242 e. The molecule has 1 amide bonds. The van der Waals surface area contributed by atoms with Crippen molar-refractivity contribution >= 4 is 21.6 Å². The first-order valence-electron chi connectivity index (χ1n) is 6.10. The van der Waals surface area contributed by atoms with Gasteiger partial charge in [0.15, 0.2) is 0 Å². The Bertz CT molecular complexity index is 638. The lowest BCUT2D eigenvalue weighted by molar-refractivity contribution is -0.122. The number of carbonyl (C=O) groups excluding carboxylic acids is 1. The van der Waals surface area contributed by atoms with Crippen LogP contribution in [0.15, 0.2) is 11.0 Å². The summed E-state index contributed by atoms with van der Waals surface area (Å²) in [4.78, 5) is 11.4. The van der Waals surface area contributed by atoms with Crippen LogP contribution in [0.4, 0.5) is 5.69 Å². The third-order valence-corrected chi connectivity index (χ3v) is 5.28. The maximum absolute atomic E-state index is 12.5. The van der Waals surface area contributed by atoms with Crippen LogP contribution in [-0.4, -0.2) is 19.9 Å². The maximum Gasteiger partial charge on any atom is 0.242 e. The molecule has 0 aromatic heterocycles. The van der Waals surface area contributed by atoms with Crippen molar-refractivity contribution in [2.45, 2.75) is 45.1 Å². The Kier molecular flexibility index (Phi) is 4.17. The topological polar surface area (TPSA) is 115 Å². The minimum absolute atomic E-state index is 0.101. The molecule has 0 spiro atoms. The first kappa shape index (κ1) is 16.5. The number of hydrogen-bond acceptors (Lipinski definition) is 4. The van der Waals surface area contributed by atoms with Crippen LogP contribution in [0.3, 0.4) is 0 Å². The number of nitrogens with two attached hydrogens (primary N) is 2. The van der Waals surface area contributed by atoms with Crippen LogP contribution >= 0.6 is 0 Å². The average molecular weight is 299 g/mol. The Morgan fingerprint density at radius 3 is 2.15 bits per heavy atom. The zero-order valence-corrected chi connectivity index (χ0v) is 13.2. The van der Waals surface area contributed by atoms with Crippen LogP contribution in [0.2, 0.25) is 0 Å². The number of benzene rings is 1. The molecule has 0 bridgehead atoms. The first-order chi connectivity index (χ1) is 8.90. The summed E-state index contributed by atoms with van der Waals surface area (Å²) in [7, 11) is -3.90. The molecular formula is C13H21N3O3S. The zero-order chi connectivity index (χ0) is 15.9. The molecule has 20 heavy (non-hydrogen) atoms. The molecular weight excluding hydrogens is 278 g/mol. The second-order valence-electron chi connectivity index (χ2n) is 5.46.